The van der Waals surface area contributed by atoms with Gasteiger partial charge in [-0.2, -0.15) is 0 Å². The zero-order chi connectivity index (χ0) is 13.8. The molecule has 0 aromatic carbocycles. The summed E-state index contributed by atoms with van der Waals surface area (Å²) < 4.78 is 5.35. The van der Waals surface area contributed by atoms with E-state index in [0.29, 0.717) is 13.0 Å². The lowest BCUT2D eigenvalue weighted by Crippen LogP contribution is -2.47. The van der Waals surface area contributed by atoms with Crippen LogP contribution in [-0.2, 0) is 9.53 Å². The maximum absolute atomic E-state index is 12.0. The van der Waals surface area contributed by atoms with Crippen LogP contribution in [0.2, 0.25) is 0 Å². The summed E-state index contributed by atoms with van der Waals surface area (Å²) in [5, 5.41) is 8.63. The number of hydrogen-bond acceptors (Lipinski definition) is 3. The smallest absolute Gasteiger partial charge is 0.410 e. The highest BCUT2D eigenvalue weighted by atomic mass is 16.6. The monoisotopic (exact) mass is 257 g/mol. The largest absolute Gasteiger partial charge is 0.481 e. The van der Waals surface area contributed by atoms with Crippen molar-refractivity contribution in [2.24, 2.45) is 0 Å². The molecule has 1 fully saturated rings. The first kappa shape index (κ1) is 14.8. The Balaban J connectivity index is 2.49. The summed E-state index contributed by atoms with van der Waals surface area (Å²) in [5.41, 5.74) is -0.508. The molecule has 5 nitrogen and oxygen atoms in total. The van der Waals surface area contributed by atoms with Crippen molar-refractivity contribution in [1.29, 1.82) is 0 Å². The van der Waals surface area contributed by atoms with Crippen molar-refractivity contribution in [3.8, 4) is 0 Å². The van der Waals surface area contributed by atoms with E-state index in [9.17, 15) is 9.59 Å². The summed E-state index contributed by atoms with van der Waals surface area (Å²) in [7, 11) is 0. The Hall–Kier alpha value is -1.26. The highest BCUT2D eigenvalue weighted by Gasteiger charge is 2.31. The number of carboxylic acid groups (broad SMARTS) is 1. The van der Waals surface area contributed by atoms with Crippen LogP contribution in [0.5, 0.6) is 0 Å². The van der Waals surface area contributed by atoms with Gasteiger partial charge in [0, 0.05) is 19.0 Å². The number of hydrogen-bond donors (Lipinski definition) is 1. The molecular weight excluding hydrogens is 234 g/mol. The van der Waals surface area contributed by atoms with Crippen LogP contribution in [0, 0.1) is 0 Å². The first-order valence-corrected chi connectivity index (χ1v) is 6.51. The molecule has 0 saturated heterocycles. The third kappa shape index (κ3) is 4.94. The fraction of sp³-hybridized carbons (Fsp3) is 0.846. The average molecular weight is 257 g/mol. The number of amides is 1. The molecule has 0 unspecified atom stereocenters. The number of carbonyl (C=O) groups is 2. The summed E-state index contributed by atoms with van der Waals surface area (Å²) in [6, 6.07) is 0.230. The molecule has 0 spiro atoms. The molecule has 0 atom stereocenters. The summed E-state index contributed by atoms with van der Waals surface area (Å²) in [6.07, 6.45) is 3.36. The Morgan fingerprint density at radius 2 is 1.94 bits per heavy atom. The van der Waals surface area contributed by atoms with Gasteiger partial charge in [0.25, 0.3) is 0 Å². The predicted molar refractivity (Wildman–Crippen MR) is 67.4 cm³/mol. The van der Waals surface area contributed by atoms with E-state index in [1.807, 2.05) is 20.8 Å². The van der Waals surface area contributed by atoms with E-state index in [-0.39, 0.29) is 18.6 Å². The predicted octanol–water partition coefficient (Wildman–Crippen LogP) is 2.64. The molecule has 1 aliphatic rings. The molecule has 1 aliphatic carbocycles. The summed E-state index contributed by atoms with van der Waals surface area (Å²) in [6.45, 7) is 5.97. The van der Waals surface area contributed by atoms with Crippen LogP contribution < -0.4 is 0 Å². The Morgan fingerprint density at radius 1 is 1.33 bits per heavy atom. The van der Waals surface area contributed by atoms with Crippen molar-refractivity contribution in [3.05, 3.63) is 0 Å². The van der Waals surface area contributed by atoms with E-state index < -0.39 is 11.6 Å². The molecule has 104 valence electrons. The molecule has 0 aromatic heterocycles. The second kappa shape index (κ2) is 6.07. The molecule has 18 heavy (non-hydrogen) atoms. The molecule has 5 heteroatoms. The lowest BCUT2D eigenvalue weighted by molar-refractivity contribution is -0.137. The standard InChI is InChI=1S/C13H23NO4/c1-13(2,3)18-12(17)14(10-6-4-7-10)9-5-8-11(15)16/h10H,4-9H2,1-3H3,(H,15,16). The third-order valence-corrected chi connectivity index (χ3v) is 2.93. The van der Waals surface area contributed by atoms with Gasteiger partial charge >= 0.3 is 12.1 Å². The van der Waals surface area contributed by atoms with Crippen molar-refractivity contribution < 1.29 is 19.4 Å². The molecule has 1 rings (SSSR count). The molecule has 1 amide bonds. The molecular formula is C13H23NO4. The fourth-order valence-corrected chi connectivity index (χ4v) is 1.84. The van der Waals surface area contributed by atoms with Gasteiger partial charge in [-0.05, 0) is 46.5 Å². The van der Waals surface area contributed by atoms with Gasteiger partial charge in [-0.25, -0.2) is 4.79 Å². The van der Waals surface area contributed by atoms with Crippen LogP contribution in [0.1, 0.15) is 52.9 Å². The highest BCUT2D eigenvalue weighted by molar-refractivity contribution is 5.69. The van der Waals surface area contributed by atoms with Crippen LogP contribution >= 0.6 is 0 Å². The first-order chi connectivity index (χ1) is 8.29. The van der Waals surface area contributed by atoms with Gasteiger partial charge in [0.05, 0.1) is 0 Å². The van der Waals surface area contributed by atoms with Gasteiger partial charge in [0.1, 0.15) is 5.60 Å². The van der Waals surface area contributed by atoms with Crippen molar-refractivity contribution in [1.82, 2.24) is 4.90 Å². The Kier molecular flexibility index (Phi) is 4.99. The van der Waals surface area contributed by atoms with Gasteiger partial charge in [-0.3, -0.25) is 4.79 Å². The van der Waals surface area contributed by atoms with Crippen LogP contribution in [0.25, 0.3) is 0 Å². The second-order valence-corrected chi connectivity index (χ2v) is 5.76. The van der Waals surface area contributed by atoms with Crippen molar-refractivity contribution >= 4 is 12.1 Å². The Labute approximate surface area is 108 Å². The zero-order valence-corrected chi connectivity index (χ0v) is 11.4. The molecule has 0 heterocycles. The molecule has 0 aliphatic heterocycles. The minimum absolute atomic E-state index is 0.0893. The van der Waals surface area contributed by atoms with Crippen molar-refractivity contribution in [3.63, 3.8) is 0 Å². The number of nitrogens with zero attached hydrogens (tertiary/aromatic N) is 1. The lowest BCUT2D eigenvalue weighted by atomic mass is 9.91. The minimum atomic E-state index is -0.826. The summed E-state index contributed by atoms with van der Waals surface area (Å²) in [4.78, 5) is 24.2. The Bertz CT molecular complexity index is 305. The number of aliphatic carboxylic acids is 1. The van der Waals surface area contributed by atoms with E-state index in [2.05, 4.69) is 0 Å². The number of carbonyl (C=O) groups excluding carboxylic acids is 1. The second-order valence-electron chi connectivity index (χ2n) is 5.76. The molecule has 0 aromatic rings. The number of carboxylic acids is 1. The van der Waals surface area contributed by atoms with E-state index in [4.69, 9.17) is 9.84 Å². The van der Waals surface area contributed by atoms with Gasteiger partial charge in [-0.15, -0.1) is 0 Å². The van der Waals surface area contributed by atoms with Crippen LogP contribution in [-0.4, -0.2) is 40.3 Å². The van der Waals surface area contributed by atoms with Crippen molar-refractivity contribution in [2.75, 3.05) is 6.54 Å². The molecule has 0 bridgehead atoms. The van der Waals surface area contributed by atoms with Crippen LogP contribution in [0.15, 0.2) is 0 Å². The highest BCUT2D eigenvalue weighted by Crippen LogP contribution is 2.26. The van der Waals surface area contributed by atoms with E-state index in [1.165, 1.54) is 0 Å². The summed E-state index contributed by atoms with van der Waals surface area (Å²) in [5.74, 6) is -0.826. The topological polar surface area (TPSA) is 66.8 Å². The number of rotatable bonds is 5. The Morgan fingerprint density at radius 3 is 2.33 bits per heavy atom. The first-order valence-electron chi connectivity index (χ1n) is 6.51. The van der Waals surface area contributed by atoms with Crippen LogP contribution in [0.4, 0.5) is 4.79 Å². The quantitative estimate of drug-likeness (QED) is 0.822. The van der Waals surface area contributed by atoms with Gasteiger partial charge in [-0.1, -0.05) is 0 Å². The third-order valence-electron chi connectivity index (χ3n) is 2.93. The minimum Gasteiger partial charge on any atom is -0.481 e. The maximum Gasteiger partial charge on any atom is 0.410 e. The van der Waals surface area contributed by atoms with E-state index in [1.54, 1.807) is 4.90 Å². The average Bonchev–Trinajstić information content (AvgIpc) is 2.09. The molecule has 1 N–H and O–H groups in total. The SMILES string of the molecule is CC(C)(C)OC(=O)N(CCCC(=O)O)C1CCC1. The normalized spacial score (nSPS) is 15.9. The van der Waals surface area contributed by atoms with Gasteiger partial charge < -0.3 is 14.7 Å². The van der Waals surface area contributed by atoms with Crippen molar-refractivity contribution in [2.45, 2.75) is 64.5 Å². The summed E-state index contributed by atoms with van der Waals surface area (Å²) >= 11 is 0. The molecule has 0 radical (unpaired) electrons. The zero-order valence-electron chi connectivity index (χ0n) is 11.4. The van der Waals surface area contributed by atoms with Crippen LogP contribution in [0.3, 0.4) is 0 Å². The fourth-order valence-electron chi connectivity index (χ4n) is 1.84. The number of ether oxygens (including phenoxy) is 1. The van der Waals surface area contributed by atoms with Gasteiger partial charge in [0.15, 0.2) is 0 Å². The van der Waals surface area contributed by atoms with Gasteiger partial charge in [0.2, 0.25) is 0 Å². The van der Waals surface area contributed by atoms with E-state index >= 15 is 0 Å². The maximum atomic E-state index is 12.0. The van der Waals surface area contributed by atoms with E-state index in [0.717, 1.165) is 19.3 Å². The molecule has 1 saturated carbocycles. The lowest BCUT2D eigenvalue weighted by Gasteiger charge is -2.38.